The second kappa shape index (κ2) is 16.1. The van der Waals surface area contributed by atoms with E-state index in [1.807, 2.05) is 0 Å². The first-order valence-electron chi connectivity index (χ1n) is 5.47. The SMILES string of the molecule is CCCC/C=[CH]/[Sn+2]/[CH]=C/CCCC.[S-2]. The van der Waals surface area contributed by atoms with Gasteiger partial charge in [-0.05, 0) is 0 Å². The number of rotatable bonds is 8. The summed E-state index contributed by atoms with van der Waals surface area (Å²) in [6.45, 7) is 4.50. The average Bonchev–Trinajstić information content (AvgIpc) is 2.16. The predicted molar refractivity (Wildman–Crippen MR) is 70.4 cm³/mol. The van der Waals surface area contributed by atoms with Gasteiger partial charge in [0.15, 0.2) is 0 Å². The van der Waals surface area contributed by atoms with Gasteiger partial charge in [0.1, 0.15) is 0 Å². The van der Waals surface area contributed by atoms with Gasteiger partial charge in [0, 0.05) is 0 Å². The molecule has 0 aromatic rings. The molecule has 0 radical (unpaired) electrons. The van der Waals surface area contributed by atoms with Gasteiger partial charge in [-0.15, -0.1) is 0 Å². The van der Waals surface area contributed by atoms with Crippen LogP contribution in [-0.4, -0.2) is 21.1 Å². The molecule has 14 heavy (non-hydrogen) atoms. The third-order valence-electron chi connectivity index (χ3n) is 1.88. The zero-order valence-electron chi connectivity index (χ0n) is 9.46. The fourth-order valence-electron chi connectivity index (χ4n) is 1.00. The molecule has 0 atom stereocenters. The van der Waals surface area contributed by atoms with Crippen molar-refractivity contribution in [2.75, 3.05) is 0 Å². The molecule has 0 rings (SSSR count). The van der Waals surface area contributed by atoms with Crippen LogP contribution >= 0.6 is 0 Å². The number of hydrogen-bond donors (Lipinski definition) is 0. The molecule has 0 heterocycles. The van der Waals surface area contributed by atoms with Crippen molar-refractivity contribution in [2.45, 2.75) is 52.4 Å². The summed E-state index contributed by atoms with van der Waals surface area (Å²) in [5.41, 5.74) is 0. The fraction of sp³-hybridized carbons (Fsp3) is 0.667. The normalized spacial score (nSPS) is 10.4. The van der Waals surface area contributed by atoms with Crippen molar-refractivity contribution in [3.63, 3.8) is 0 Å². The first kappa shape index (κ1) is 17.0. The van der Waals surface area contributed by atoms with Crippen LogP contribution in [0, 0.1) is 0 Å². The summed E-state index contributed by atoms with van der Waals surface area (Å²) in [5.74, 6) is 0. The van der Waals surface area contributed by atoms with Crippen LogP contribution in [0.2, 0.25) is 0 Å². The molecule has 0 bridgehead atoms. The summed E-state index contributed by atoms with van der Waals surface area (Å²) in [7, 11) is 0. The van der Waals surface area contributed by atoms with Gasteiger partial charge >= 0.3 is 93.9 Å². The molecule has 0 spiro atoms. The Morgan fingerprint density at radius 1 is 0.857 bits per heavy atom. The van der Waals surface area contributed by atoms with Crippen LogP contribution in [0.3, 0.4) is 0 Å². The zero-order valence-corrected chi connectivity index (χ0v) is 13.1. The molecule has 0 amide bonds. The van der Waals surface area contributed by atoms with Gasteiger partial charge in [-0.1, -0.05) is 0 Å². The molecule has 0 nitrogen and oxygen atoms in total. The van der Waals surface area contributed by atoms with Crippen LogP contribution in [0.1, 0.15) is 52.4 Å². The van der Waals surface area contributed by atoms with Gasteiger partial charge < -0.3 is 13.5 Å². The summed E-state index contributed by atoms with van der Waals surface area (Å²) in [4.78, 5) is 0. The van der Waals surface area contributed by atoms with E-state index < -0.39 is 0 Å². The smallest absolute Gasteiger partial charge is 2.00 e. The van der Waals surface area contributed by atoms with Gasteiger partial charge in [0.25, 0.3) is 0 Å². The third-order valence-corrected chi connectivity index (χ3v) is 4.32. The van der Waals surface area contributed by atoms with E-state index in [1.54, 1.807) is 0 Å². The van der Waals surface area contributed by atoms with E-state index in [4.69, 9.17) is 0 Å². The molecule has 0 aliphatic rings. The molecule has 0 aromatic carbocycles. The van der Waals surface area contributed by atoms with Crippen LogP contribution in [0.15, 0.2) is 20.3 Å². The van der Waals surface area contributed by atoms with Crippen molar-refractivity contribution in [1.82, 2.24) is 0 Å². The predicted octanol–water partition coefficient (Wildman–Crippen LogP) is 4.10. The molecule has 80 valence electrons. The van der Waals surface area contributed by atoms with Gasteiger partial charge in [-0.25, -0.2) is 0 Å². The Morgan fingerprint density at radius 3 is 1.64 bits per heavy atom. The van der Waals surface area contributed by atoms with Crippen molar-refractivity contribution in [3.8, 4) is 0 Å². The van der Waals surface area contributed by atoms with Crippen molar-refractivity contribution in [1.29, 1.82) is 0 Å². The van der Waals surface area contributed by atoms with Crippen molar-refractivity contribution in [3.05, 3.63) is 20.3 Å². The van der Waals surface area contributed by atoms with E-state index in [1.165, 1.54) is 38.5 Å². The molecule has 2 heteroatoms. The van der Waals surface area contributed by atoms with Crippen molar-refractivity contribution >= 4 is 34.6 Å². The molecule has 0 unspecified atom stereocenters. The Bertz CT molecular complexity index is 125. The van der Waals surface area contributed by atoms with E-state index >= 15 is 0 Å². The molecule has 0 saturated carbocycles. The maximum absolute atomic E-state index is 2.45. The first-order chi connectivity index (χ1) is 6.41. The second-order valence-corrected chi connectivity index (χ2v) is 6.11. The summed E-state index contributed by atoms with van der Waals surface area (Å²) in [5, 5.41) is 0. The molecule has 0 fully saturated rings. The minimum Gasteiger partial charge on any atom is -2.00 e. The average molecular weight is 317 g/mol. The van der Waals surface area contributed by atoms with Crippen LogP contribution in [0.4, 0.5) is 0 Å². The fourth-order valence-corrected chi connectivity index (χ4v) is 3.05. The largest absolute Gasteiger partial charge is 2.00 e. The maximum Gasteiger partial charge on any atom is -2.00 e. The second-order valence-electron chi connectivity index (χ2n) is 3.26. The van der Waals surface area contributed by atoms with E-state index in [2.05, 4.69) is 34.2 Å². The van der Waals surface area contributed by atoms with E-state index in [-0.39, 0.29) is 34.6 Å². The van der Waals surface area contributed by atoms with Crippen LogP contribution in [0.25, 0.3) is 0 Å². The standard InChI is InChI=1S/2C6H11.S.Sn/c2*1-3-5-6-4-2;;/h2*1,3H,4-6H2,2H3;;/q;;-2;+2. The monoisotopic (exact) mass is 318 g/mol. The molecule has 0 aliphatic carbocycles. The first-order valence-corrected chi connectivity index (χ1v) is 8.77. The van der Waals surface area contributed by atoms with Crippen molar-refractivity contribution < 1.29 is 0 Å². The number of unbranched alkanes of at least 4 members (excludes halogenated alkanes) is 4. The summed E-state index contributed by atoms with van der Waals surface area (Å²) in [6, 6.07) is 0. The Kier molecular flexibility index (Phi) is 19.6. The molecular weight excluding hydrogens is 295 g/mol. The van der Waals surface area contributed by atoms with Crippen LogP contribution < -0.4 is 0 Å². The zero-order chi connectivity index (χ0) is 9.78. The molecular formula is C12H22SSn. The van der Waals surface area contributed by atoms with Gasteiger partial charge in [-0.3, -0.25) is 0 Å². The third kappa shape index (κ3) is 15.1. The van der Waals surface area contributed by atoms with Gasteiger partial charge in [0.05, 0.1) is 0 Å². The Hall–Kier alpha value is 0.629. The Morgan fingerprint density at radius 2 is 1.29 bits per heavy atom. The number of allylic oxidation sites excluding steroid dienone is 2. The van der Waals surface area contributed by atoms with Crippen LogP contribution in [0.5, 0.6) is 0 Å². The number of hydrogen-bond acceptors (Lipinski definition) is 0. The molecule has 0 aromatic heterocycles. The topological polar surface area (TPSA) is 0 Å². The Labute approximate surface area is 107 Å². The van der Waals surface area contributed by atoms with Crippen molar-refractivity contribution in [2.24, 2.45) is 0 Å². The summed E-state index contributed by atoms with van der Waals surface area (Å²) >= 11 is -0.258. The van der Waals surface area contributed by atoms with E-state index in [0.29, 0.717) is 0 Å². The summed E-state index contributed by atoms with van der Waals surface area (Å²) in [6.07, 6.45) is 12.7. The molecule has 0 N–H and O–H groups in total. The molecule has 0 saturated heterocycles. The molecule has 0 aliphatic heterocycles. The minimum atomic E-state index is -0.258. The Balaban J connectivity index is 0. The van der Waals surface area contributed by atoms with E-state index in [0.717, 1.165) is 0 Å². The quantitative estimate of drug-likeness (QED) is 0.467. The van der Waals surface area contributed by atoms with E-state index in [9.17, 15) is 0 Å². The summed E-state index contributed by atoms with van der Waals surface area (Å²) < 4.78 is 4.89. The van der Waals surface area contributed by atoms with Gasteiger partial charge in [-0.2, -0.15) is 0 Å². The van der Waals surface area contributed by atoms with Crippen LogP contribution in [-0.2, 0) is 13.5 Å². The minimum absolute atomic E-state index is 0. The maximum atomic E-state index is 2.45. The van der Waals surface area contributed by atoms with Gasteiger partial charge in [0.2, 0.25) is 0 Å².